The molecule has 1 aromatic carbocycles. The molecule has 0 heterocycles. The van der Waals surface area contributed by atoms with Crippen molar-refractivity contribution in [3.63, 3.8) is 0 Å². The second-order valence-corrected chi connectivity index (χ2v) is 6.90. The van der Waals surface area contributed by atoms with E-state index < -0.39 is 0 Å². The van der Waals surface area contributed by atoms with Crippen LogP contribution in [0.3, 0.4) is 0 Å². The third kappa shape index (κ3) is 4.09. The van der Waals surface area contributed by atoms with Gasteiger partial charge in [0, 0.05) is 12.0 Å². The maximum atomic E-state index is 12.8. The van der Waals surface area contributed by atoms with E-state index in [1.54, 1.807) is 12.1 Å². The highest BCUT2D eigenvalue weighted by Gasteiger charge is 2.35. The quantitative estimate of drug-likeness (QED) is 0.797. The molecule has 23 heavy (non-hydrogen) atoms. The minimum absolute atomic E-state index is 0.00897. The molecule has 1 N–H and O–H groups in total. The van der Waals surface area contributed by atoms with Crippen LogP contribution >= 0.6 is 0 Å². The Labute approximate surface area is 137 Å². The highest BCUT2D eigenvalue weighted by atomic mass is 16.5. The standard InChI is InChI=1S/C18H26N2O3/c1-11(2)14-7-5-12(3)9-15(14)18(21)19-16-8-6-13(23-4)10-17(16)20-22/h6,8,10-12,14-15H,5,7,9H2,1-4H3,(H,19,21)/t12-,14+,15-/m1/s1. The zero-order chi connectivity index (χ0) is 17.0. The summed E-state index contributed by atoms with van der Waals surface area (Å²) in [4.78, 5) is 23.8. The number of hydrogen-bond donors (Lipinski definition) is 1. The van der Waals surface area contributed by atoms with Crippen LogP contribution in [-0.4, -0.2) is 13.0 Å². The molecule has 5 nitrogen and oxygen atoms in total. The van der Waals surface area contributed by atoms with Crippen LogP contribution in [0.25, 0.3) is 0 Å². The van der Waals surface area contributed by atoms with E-state index in [0.29, 0.717) is 29.2 Å². The fraction of sp³-hybridized carbons (Fsp3) is 0.611. The molecule has 3 atom stereocenters. The highest BCUT2D eigenvalue weighted by molar-refractivity contribution is 5.95. The molecule has 1 aliphatic carbocycles. The normalized spacial score (nSPS) is 24.3. The van der Waals surface area contributed by atoms with Crippen LogP contribution in [0.2, 0.25) is 0 Å². The first-order chi connectivity index (χ1) is 11.0. The van der Waals surface area contributed by atoms with E-state index in [1.165, 1.54) is 19.6 Å². The lowest BCUT2D eigenvalue weighted by atomic mass is 9.70. The van der Waals surface area contributed by atoms with Crippen molar-refractivity contribution in [1.29, 1.82) is 0 Å². The molecule has 0 bridgehead atoms. The summed E-state index contributed by atoms with van der Waals surface area (Å²) in [6.07, 6.45) is 3.16. The first kappa shape index (κ1) is 17.4. The predicted molar refractivity (Wildman–Crippen MR) is 91.9 cm³/mol. The van der Waals surface area contributed by atoms with Crippen molar-refractivity contribution in [2.75, 3.05) is 12.4 Å². The van der Waals surface area contributed by atoms with Gasteiger partial charge in [-0.25, -0.2) is 0 Å². The van der Waals surface area contributed by atoms with Gasteiger partial charge in [0.25, 0.3) is 0 Å². The Morgan fingerprint density at radius 1 is 1.35 bits per heavy atom. The summed E-state index contributed by atoms with van der Waals surface area (Å²) in [5.41, 5.74) is 0.647. The second-order valence-electron chi connectivity index (χ2n) is 6.90. The molecule has 1 amide bonds. The second kappa shape index (κ2) is 7.57. The molecule has 0 saturated heterocycles. The average molecular weight is 318 g/mol. The van der Waals surface area contributed by atoms with Crippen molar-refractivity contribution >= 4 is 17.3 Å². The van der Waals surface area contributed by atoms with Crippen LogP contribution in [0.15, 0.2) is 23.4 Å². The molecule has 1 fully saturated rings. The first-order valence-corrected chi connectivity index (χ1v) is 8.28. The zero-order valence-electron chi connectivity index (χ0n) is 14.3. The fourth-order valence-corrected chi connectivity index (χ4v) is 3.55. The molecule has 1 aliphatic rings. The Bertz CT molecular complexity index is 571. The molecular formula is C18H26N2O3. The molecule has 1 saturated carbocycles. The summed E-state index contributed by atoms with van der Waals surface area (Å²) >= 11 is 0. The molecule has 0 radical (unpaired) electrons. The van der Waals surface area contributed by atoms with Gasteiger partial charge in [-0.2, -0.15) is 0 Å². The van der Waals surface area contributed by atoms with Gasteiger partial charge in [0.2, 0.25) is 5.91 Å². The van der Waals surface area contributed by atoms with Crippen molar-refractivity contribution in [2.45, 2.75) is 40.0 Å². The van der Waals surface area contributed by atoms with E-state index in [2.05, 4.69) is 31.3 Å². The van der Waals surface area contributed by atoms with Crippen molar-refractivity contribution in [3.8, 4) is 5.75 Å². The van der Waals surface area contributed by atoms with Crippen LogP contribution in [0, 0.1) is 28.6 Å². The van der Waals surface area contributed by atoms with Crippen LogP contribution in [-0.2, 0) is 4.79 Å². The number of hydrogen-bond acceptors (Lipinski definition) is 4. The van der Waals surface area contributed by atoms with E-state index >= 15 is 0 Å². The summed E-state index contributed by atoms with van der Waals surface area (Å²) < 4.78 is 5.08. The molecule has 0 aliphatic heterocycles. The number of ether oxygens (including phenoxy) is 1. The maximum absolute atomic E-state index is 12.8. The van der Waals surface area contributed by atoms with Crippen LogP contribution in [0.4, 0.5) is 11.4 Å². The summed E-state index contributed by atoms with van der Waals surface area (Å²) in [7, 11) is 1.53. The summed E-state index contributed by atoms with van der Waals surface area (Å²) in [5.74, 6) is 1.93. The van der Waals surface area contributed by atoms with Gasteiger partial charge in [-0.05, 0) is 47.9 Å². The zero-order valence-corrected chi connectivity index (χ0v) is 14.3. The number of amides is 1. The van der Waals surface area contributed by atoms with Crippen molar-refractivity contribution in [2.24, 2.45) is 28.8 Å². The smallest absolute Gasteiger partial charge is 0.227 e. The van der Waals surface area contributed by atoms with Crippen LogP contribution in [0.5, 0.6) is 5.75 Å². The molecule has 0 unspecified atom stereocenters. The Morgan fingerprint density at radius 2 is 2.09 bits per heavy atom. The number of nitrogens with one attached hydrogen (secondary N) is 1. The molecule has 2 rings (SSSR count). The minimum atomic E-state index is -0.0136. The molecular weight excluding hydrogens is 292 g/mol. The van der Waals surface area contributed by atoms with Gasteiger partial charge < -0.3 is 10.1 Å². The number of nitrogens with zero attached hydrogens (tertiary/aromatic N) is 1. The maximum Gasteiger partial charge on any atom is 0.227 e. The summed E-state index contributed by atoms with van der Waals surface area (Å²) in [6, 6.07) is 4.92. The number of anilines is 1. The largest absolute Gasteiger partial charge is 0.497 e. The Kier molecular flexibility index (Phi) is 5.74. The third-order valence-corrected chi connectivity index (χ3v) is 4.92. The number of methoxy groups -OCH3 is 1. The van der Waals surface area contributed by atoms with Crippen molar-refractivity contribution in [1.82, 2.24) is 0 Å². The van der Waals surface area contributed by atoms with E-state index in [1.807, 2.05) is 0 Å². The van der Waals surface area contributed by atoms with Gasteiger partial charge in [0.1, 0.15) is 11.4 Å². The average Bonchev–Trinajstić information content (AvgIpc) is 2.54. The number of rotatable bonds is 5. The Morgan fingerprint density at radius 3 is 2.70 bits per heavy atom. The SMILES string of the molecule is COc1ccc(NC(=O)[C@@H]2C[C@H](C)CC[C@H]2C(C)C)c(N=O)c1. The van der Waals surface area contributed by atoms with Gasteiger partial charge >= 0.3 is 0 Å². The van der Waals surface area contributed by atoms with Gasteiger partial charge in [-0.3, -0.25) is 4.79 Å². The fourth-order valence-electron chi connectivity index (χ4n) is 3.55. The number of nitroso groups, excluding NO2 is 1. The first-order valence-electron chi connectivity index (χ1n) is 8.28. The lowest BCUT2D eigenvalue weighted by Gasteiger charge is -2.36. The molecule has 0 spiro atoms. The van der Waals surface area contributed by atoms with Gasteiger partial charge in [-0.15, -0.1) is 4.91 Å². The Hall–Kier alpha value is -1.91. The minimum Gasteiger partial charge on any atom is -0.497 e. The Balaban J connectivity index is 2.18. The lowest BCUT2D eigenvalue weighted by molar-refractivity contribution is -0.123. The number of benzene rings is 1. The van der Waals surface area contributed by atoms with Crippen LogP contribution in [0.1, 0.15) is 40.0 Å². The summed E-state index contributed by atoms with van der Waals surface area (Å²) in [5, 5.41) is 5.90. The molecule has 5 heteroatoms. The number of carbonyl (C=O) groups excluding carboxylic acids is 1. The van der Waals surface area contributed by atoms with E-state index in [0.717, 1.165) is 12.8 Å². The van der Waals surface area contributed by atoms with Crippen molar-refractivity contribution < 1.29 is 9.53 Å². The predicted octanol–water partition coefficient (Wildman–Crippen LogP) is 4.74. The number of carbonyl (C=O) groups is 1. The molecule has 1 aromatic rings. The van der Waals surface area contributed by atoms with Gasteiger partial charge in [0.05, 0.1) is 12.8 Å². The van der Waals surface area contributed by atoms with Gasteiger partial charge in [0.15, 0.2) is 0 Å². The lowest BCUT2D eigenvalue weighted by Crippen LogP contribution is -2.36. The highest BCUT2D eigenvalue weighted by Crippen LogP contribution is 2.39. The van der Waals surface area contributed by atoms with Crippen LogP contribution < -0.4 is 10.1 Å². The van der Waals surface area contributed by atoms with Crippen molar-refractivity contribution in [3.05, 3.63) is 23.1 Å². The monoisotopic (exact) mass is 318 g/mol. The van der Waals surface area contributed by atoms with Gasteiger partial charge in [-0.1, -0.05) is 27.2 Å². The molecule has 0 aromatic heterocycles. The van der Waals surface area contributed by atoms with E-state index in [-0.39, 0.29) is 17.5 Å². The van der Waals surface area contributed by atoms with E-state index in [9.17, 15) is 9.70 Å². The third-order valence-electron chi connectivity index (χ3n) is 4.92. The topological polar surface area (TPSA) is 67.8 Å². The summed E-state index contributed by atoms with van der Waals surface area (Å²) in [6.45, 7) is 6.54. The molecule has 126 valence electrons. The van der Waals surface area contributed by atoms with E-state index in [4.69, 9.17) is 4.74 Å².